The average molecular weight is 399 g/mol. The van der Waals surface area contributed by atoms with Crippen LogP contribution in [0.25, 0.3) is 0 Å². The van der Waals surface area contributed by atoms with Gasteiger partial charge < -0.3 is 5.32 Å². The Balaban J connectivity index is 2.21. The lowest BCUT2D eigenvalue weighted by Crippen LogP contribution is -2.27. The molecule has 0 fully saturated rings. The highest BCUT2D eigenvalue weighted by atomic mass is 79.9. The summed E-state index contributed by atoms with van der Waals surface area (Å²) in [6.45, 7) is 8.61. The van der Waals surface area contributed by atoms with Gasteiger partial charge in [-0.05, 0) is 31.4 Å². The predicted molar refractivity (Wildman–Crippen MR) is 96.8 cm³/mol. The molecule has 1 aromatic heterocycles. The van der Waals surface area contributed by atoms with Crippen LogP contribution in [0.2, 0.25) is 5.15 Å². The summed E-state index contributed by atoms with van der Waals surface area (Å²) in [5.74, 6) is 0.202. The lowest BCUT2D eigenvalue weighted by Gasteiger charge is -2.16. The largest absolute Gasteiger partial charge is 0.345 e. The molecule has 0 saturated carbocycles. The maximum absolute atomic E-state index is 12.6. The highest BCUT2D eigenvalue weighted by Crippen LogP contribution is 2.25. The van der Waals surface area contributed by atoms with E-state index in [2.05, 4.69) is 40.2 Å². The van der Waals surface area contributed by atoms with Crippen molar-refractivity contribution in [1.82, 2.24) is 15.1 Å². The first-order chi connectivity index (χ1) is 10.8. The molecule has 6 heteroatoms. The van der Waals surface area contributed by atoms with E-state index in [1.54, 1.807) is 11.6 Å². The van der Waals surface area contributed by atoms with Gasteiger partial charge in [0.15, 0.2) is 0 Å². The summed E-state index contributed by atoms with van der Waals surface area (Å²) < 4.78 is 2.66. The van der Waals surface area contributed by atoms with Crippen LogP contribution < -0.4 is 5.32 Å². The first kappa shape index (κ1) is 18.0. The minimum Gasteiger partial charge on any atom is -0.345 e. The maximum atomic E-state index is 12.6. The summed E-state index contributed by atoms with van der Waals surface area (Å²) in [6.07, 6.45) is 0. The molecule has 0 aliphatic rings. The van der Waals surface area contributed by atoms with Gasteiger partial charge in [-0.3, -0.25) is 9.48 Å². The first-order valence-corrected chi connectivity index (χ1v) is 8.76. The Bertz CT molecular complexity index is 712. The second-order valence-electron chi connectivity index (χ2n) is 6.04. The van der Waals surface area contributed by atoms with E-state index in [1.165, 1.54) is 0 Å². The fourth-order valence-corrected chi connectivity index (χ4v) is 3.41. The minimum absolute atomic E-state index is 0.137. The van der Waals surface area contributed by atoms with Gasteiger partial charge in [0, 0.05) is 11.0 Å². The fourth-order valence-electron chi connectivity index (χ4n) is 2.45. The lowest BCUT2D eigenvalue weighted by molar-refractivity contribution is 0.0939. The Kier molecular flexibility index (Phi) is 5.87. The van der Waals surface area contributed by atoms with Gasteiger partial charge >= 0.3 is 0 Å². The van der Waals surface area contributed by atoms with E-state index in [4.69, 9.17) is 11.6 Å². The summed E-state index contributed by atoms with van der Waals surface area (Å²) in [4.78, 5) is 12.6. The molecule has 2 aromatic rings. The number of aryl methyl sites for hydroxylation is 1. The molecule has 0 bridgehead atoms. The van der Waals surface area contributed by atoms with Crippen molar-refractivity contribution in [2.45, 2.75) is 40.3 Å². The molecule has 0 aliphatic carbocycles. The molecule has 0 saturated heterocycles. The van der Waals surface area contributed by atoms with E-state index >= 15 is 0 Å². The van der Waals surface area contributed by atoms with E-state index in [9.17, 15) is 4.79 Å². The van der Waals surface area contributed by atoms with Crippen LogP contribution >= 0.6 is 27.5 Å². The molecular weight excluding hydrogens is 378 g/mol. The van der Waals surface area contributed by atoms with Crippen LogP contribution in [0.15, 0.2) is 28.7 Å². The second-order valence-corrected chi connectivity index (χ2v) is 7.26. The third-order valence-corrected chi connectivity index (χ3v) is 4.66. The fraction of sp³-hybridized carbons (Fsp3) is 0.412. The highest BCUT2D eigenvalue weighted by molar-refractivity contribution is 9.10. The summed E-state index contributed by atoms with van der Waals surface area (Å²) in [5, 5.41) is 7.77. The van der Waals surface area contributed by atoms with Crippen LogP contribution in [0.4, 0.5) is 0 Å². The quantitative estimate of drug-likeness (QED) is 0.789. The van der Waals surface area contributed by atoms with E-state index < -0.39 is 0 Å². The van der Waals surface area contributed by atoms with Crippen LogP contribution in [0.1, 0.15) is 48.4 Å². The number of halogens is 2. The van der Waals surface area contributed by atoms with Crippen molar-refractivity contribution in [1.29, 1.82) is 0 Å². The van der Waals surface area contributed by atoms with Gasteiger partial charge in [-0.1, -0.05) is 59.6 Å². The average Bonchev–Trinajstić information content (AvgIpc) is 2.72. The first-order valence-electron chi connectivity index (χ1n) is 7.59. The number of carbonyl (C=O) groups excluding carboxylic acids is 1. The normalized spacial score (nSPS) is 12.5. The zero-order valence-electron chi connectivity index (χ0n) is 13.7. The number of hydrogen-bond acceptors (Lipinski definition) is 2. The molecular formula is C17H21BrClN3O. The zero-order valence-corrected chi connectivity index (χ0v) is 16.1. The van der Waals surface area contributed by atoms with Crippen LogP contribution in [-0.4, -0.2) is 15.7 Å². The van der Waals surface area contributed by atoms with Crippen molar-refractivity contribution in [3.8, 4) is 0 Å². The van der Waals surface area contributed by atoms with Gasteiger partial charge in [-0.2, -0.15) is 5.10 Å². The number of carbonyl (C=O) groups is 1. The lowest BCUT2D eigenvalue weighted by atomic mass is 10.1. The molecule has 1 aromatic carbocycles. The van der Waals surface area contributed by atoms with Crippen LogP contribution in [0.3, 0.4) is 0 Å². The van der Waals surface area contributed by atoms with Crippen molar-refractivity contribution in [2.75, 3.05) is 0 Å². The molecule has 0 aliphatic heterocycles. The smallest absolute Gasteiger partial charge is 0.256 e. The van der Waals surface area contributed by atoms with Gasteiger partial charge in [0.1, 0.15) is 5.15 Å². The number of hydrogen-bond donors (Lipinski definition) is 1. The molecule has 2 rings (SSSR count). The number of aromatic nitrogens is 2. The number of amides is 1. The number of nitrogens with one attached hydrogen (secondary N) is 1. The Morgan fingerprint density at radius 1 is 1.35 bits per heavy atom. The number of rotatable bonds is 5. The molecule has 124 valence electrons. The predicted octanol–water partition coefficient (Wildman–Crippen LogP) is 4.75. The standard InChI is InChI=1S/C17H21BrClN3O/c1-10(2)9-22-16(19)15(12(4)21-22)17(23)20-11(3)13-7-5-6-8-14(13)18/h5-8,10-11H,9H2,1-4H3,(H,20,23). The number of nitrogens with zero attached hydrogens (tertiary/aromatic N) is 2. The third kappa shape index (κ3) is 4.15. The Hall–Kier alpha value is -1.33. The SMILES string of the molecule is Cc1nn(CC(C)C)c(Cl)c1C(=O)NC(C)c1ccccc1Br. The number of benzene rings is 1. The Morgan fingerprint density at radius 3 is 2.61 bits per heavy atom. The highest BCUT2D eigenvalue weighted by Gasteiger charge is 2.22. The van der Waals surface area contributed by atoms with Crippen molar-refractivity contribution >= 4 is 33.4 Å². The monoisotopic (exact) mass is 397 g/mol. The van der Waals surface area contributed by atoms with Gasteiger partial charge in [-0.25, -0.2) is 0 Å². The van der Waals surface area contributed by atoms with Gasteiger partial charge in [0.2, 0.25) is 0 Å². The van der Waals surface area contributed by atoms with E-state index in [0.29, 0.717) is 28.9 Å². The molecule has 23 heavy (non-hydrogen) atoms. The summed E-state index contributed by atoms with van der Waals surface area (Å²) in [7, 11) is 0. The molecule has 1 atom stereocenters. The van der Waals surface area contributed by atoms with Crippen LogP contribution in [-0.2, 0) is 6.54 Å². The Labute approximate surface area is 150 Å². The molecule has 1 heterocycles. The second kappa shape index (κ2) is 7.49. The minimum atomic E-state index is -0.203. The molecule has 1 amide bonds. The molecule has 1 N–H and O–H groups in total. The van der Waals surface area contributed by atoms with E-state index in [0.717, 1.165) is 10.0 Å². The van der Waals surface area contributed by atoms with Crippen molar-refractivity contribution in [3.63, 3.8) is 0 Å². The molecule has 0 radical (unpaired) electrons. The molecule has 0 spiro atoms. The summed E-state index contributed by atoms with van der Waals surface area (Å²) in [5.41, 5.74) is 2.11. The summed E-state index contributed by atoms with van der Waals surface area (Å²) >= 11 is 9.87. The van der Waals surface area contributed by atoms with Crippen LogP contribution in [0, 0.1) is 12.8 Å². The zero-order chi connectivity index (χ0) is 17.1. The van der Waals surface area contributed by atoms with Crippen molar-refractivity contribution < 1.29 is 4.79 Å². The molecule has 1 unspecified atom stereocenters. The van der Waals surface area contributed by atoms with E-state index in [-0.39, 0.29) is 11.9 Å². The Morgan fingerprint density at radius 2 is 2.00 bits per heavy atom. The van der Waals surface area contributed by atoms with Crippen molar-refractivity contribution in [3.05, 3.63) is 50.7 Å². The summed E-state index contributed by atoms with van der Waals surface area (Å²) in [6, 6.07) is 7.69. The van der Waals surface area contributed by atoms with Crippen LogP contribution in [0.5, 0.6) is 0 Å². The van der Waals surface area contributed by atoms with Gasteiger partial charge in [0.25, 0.3) is 5.91 Å². The van der Waals surface area contributed by atoms with Gasteiger partial charge in [-0.15, -0.1) is 0 Å². The maximum Gasteiger partial charge on any atom is 0.256 e. The van der Waals surface area contributed by atoms with Gasteiger partial charge in [0.05, 0.1) is 17.3 Å². The van der Waals surface area contributed by atoms with Crippen molar-refractivity contribution in [2.24, 2.45) is 5.92 Å². The topological polar surface area (TPSA) is 46.9 Å². The van der Waals surface area contributed by atoms with E-state index in [1.807, 2.05) is 31.2 Å². The molecule has 4 nitrogen and oxygen atoms in total. The third-order valence-electron chi connectivity index (χ3n) is 3.55.